The quantitative estimate of drug-likeness (QED) is 0.778. The zero-order chi connectivity index (χ0) is 19.3. The van der Waals surface area contributed by atoms with Crippen LogP contribution in [-0.2, 0) is 14.8 Å². The number of benzene rings is 2. The average Bonchev–Trinajstić information content (AvgIpc) is 2.57. The molecular weight excluding hydrogens is 352 g/mol. The number of aryl methyl sites for hydroxylation is 3. The molecule has 0 saturated carbocycles. The molecule has 0 radical (unpaired) electrons. The molecule has 2 N–H and O–H groups in total. The predicted molar refractivity (Wildman–Crippen MR) is 102 cm³/mol. The SMILES string of the molecule is CCNC(=O)COc1ccc(S(=O)(=O)Nc2ccc(C)c(C)c2)cc1C. The van der Waals surface area contributed by atoms with Crippen molar-refractivity contribution in [2.45, 2.75) is 32.6 Å². The van der Waals surface area contributed by atoms with Crippen LogP contribution in [-0.4, -0.2) is 27.5 Å². The minimum Gasteiger partial charge on any atom is -0.484 e. The smallest absolute Gasteiger partial charge is 0.261 e. The molecule has 0 heterocycles. The van der Waals surface area contributed by atoms with Crippen LogP contribution in [0.25, 0.3) is 0 Å². The first-order valence-corrected chi connectivity index (χ1v) is 9.81. The van der Waals surface area contributed by atoms with E-state index in [-0.39, 0.29) is 17.4 Å². The van der Waals surface area contributed by atoms with E-state index in [9.17, 15) is 13.2 Å². The number of sulfonamides is 1. The normalized spacial score (nSPS) is 11.1. The van der Waals surface area contributed by atoms with Crippen molar-refractivity contribution in [3.63, 3.8) is 0 Å². The summed E-state index contributed by atoms with van der Waals surface area (Å²) in [4.78, 5) is 11.6. The molecule has 0 unspecified atom stereocenters. The van der Waals surface area contributed by atoms with Gasteiger partial charge in [0.1, 0.15) is 5.75 Å². The molecule has 26 heavy (non-hydrogen) atoms. The lowest BCUT2D eigenvalue weighted by atomic mass is 10.1. The monoisotopic (exact) mass is 376 g/mol. The second kappa shape index (κ2) is 8.23. The molecule has 2 aromatic rings. The summed E-state index contributed by atoms with van der Waals surface area (Å²) in [6.45, 7) is 7.88. The van der Waals surface area contributed by atoms with Gasteiger partial charge in [-0.1, -0.05) is 6.07 Å². The Balaban J connectivity index is 2.15. The summed E-state index contributed by atoms with van der Waals surface area (Å²) in [5.41, 5.74) is 3.26. The molecule has 0 aliphatic carbocycles. The summed E-state index contributed by atoms with van der Waals surface area (Å²) >= 11 is 0. The van der Waals surface area contributed by atoms with Crippen LogP contribution in [0.3, 0.4) is 0 Å². The highest BCUT2D eigenvalue weighted by atomic mass is 32.2. The first kappa shape index (κ1) is 19.8. The molecule has 140 valence electrons. The van der Waals surface area contributed by atoms with Crippen molar-refractivity contribution >= 4 is 21.6 Å². The number of anilines is 1. The molecule has 6 nitrogen and oxygen atoms in total. The maximum Gasteiger partial charge on any atom is 0.261 e. The van der Waals surface area contributed by atoms with Crippen LogP contribution in [0.1, 0.15) is 23.6 Å². The molecule has 0 fully saturated rings. The van der Waals surface area contributed by atoms with Crippen LogP contribution in [0, 0.1) is 20.8 Å². The zero-order valence-corrected chi connectivity index (χ0v) is 16.2. The van der Waals surface area contributed by atoms with E-state index >= 15 is 0 Å². The number of nitrogens with one attached hydrogen (secondary N) is 2. The highest BCUT2D eigenvalue weighted by Crippen LogP contribution is 2.24. The second-order valence-corrected chi connectivity index (χ2v) is 7.76. The lowest BCUT2D eigenvalue weighted by Crippen LogP contribution is -2.28. The fourth-order valence-electron chi connectivity index (χ4n) is 2.36. The van der Waals surface area contributed by atoms with E-state index < -0.39 is 10.0 Å². The highest BCUT2D eigenvalue weighted by molar-refractivity contribution is 7.92. The number of hydrogen-bond donors (Lipinski definition) is 2. The van der Waals surface area contributed by atoms with Gasteiger partial charge in [0, 0.05) is 12.2 Å². The van der Waals surface area contributed by atoms with Crippen molar-refractivity contribution in [3.8, 4) is 5.75 Å². The number of amides is 1. The molecule has 0 atom stereocenters. The molecule has 7 heteroatoms. The Labute approximate surface area is 154 Å². The number of hydrogen-bond acceptors (Lipinski definition) is 4. The van der Waals surface area contributed by atoms with Gasteiger partial charge in [-0.3, -0.25) is 9.52 Å². The van der Waals surface area contributed by atoms with Gasteiger partial charge in [0.2, 0.25) is 0 Å². The third kappa shape index (κ3) is 4.98. The number of ether oxygens (including phenoxy) is 1. The molecule has 0 aliphatic heterocycles. The van der Waals surface area contributed by atoms with E-state index in [0.717, 1.165) is 11.1 Å². The van der Waals surface area contributed by atoms with Gasteiger partial charge in [0.25, 0.3) is 15.9 Å². The van der Waals surface area contributed by atoms with Crippen LogP contribution in [0.2, 0.25) is 0 Å². The van der Waals surface area contributed by atoms with Crippen molar-refractivity contribution < 1.29 is 17.9 Å². The molecule has 0 saturated heterocycles. The fourth-order valence-corrected chi connectivity index (χ4v) is 3.50. The third-order valence-electron chi connectivity index (χ3n) is 3.95. The van der Waals surface area contributed by atoms with E-state index in [1.807, 2.05) is 26.8 Å². The molecule has 0 bridgehead atoms. The minimum atomic E-state index is -3.71. The molecular formula is C19H24N2O4S. The van der Waals surface area contributed by atoms with Crippen LogP contribution in [0.15, 0.2) is 41.3 Å². The van der Waals surface area contributed by atoms with Crippen LogP contribution >= 0.6 is 0 Å². The Kier molecular flexibility index (Phi) is 6.26. The minimum absolute atomic E-state index is 0.109. The average molecular weight is 376 g/mol. The Morgan fingerprint density at radius 2 is 1.73 bits per heavy atom. The van der Waals surface area contributed by atoms with Crippen molar-refractivity contribution in [2.24, 2.45) is 0 Å². The number of likely N-dealkylation sites (N-methyl/N-ethyl adjacent to an activating group) is 1. The van der Waals surface area contributed by atoms with E-state index in [1.54, 1.807) is 25.1 Å². The lowest BCUT2D eigenvalue weighted by Gasteiger charge is -2.13. The van der Waals surface area contributed by atoms with E-state index in [0.29, 0.717) is 23.5 Å². The fraction of sp³-hybridized carbons (Fsp3) is 0.316. The van der Waals surface area contributed by atoms with Crippen LogP contribution in [0.5, 0.6) is 5.75 Å². The maximum absolute atomic E-state index is 12.6. The van der Waals surface area contributed by atoms with Gasteiger partial charge in [0.05, 0.1) is 4.90 Å². The van der Waals surface area contributed by atoms with Gasteiger partial charge in [-0.2, -0.15) is 0 Å². The molecule has 0 aliphatic rings. The second-order valence-electron chi connectivity index (χ2n) is 6.07. The van der Waals surface area contributed by atoms with E-state index in [1.165, 1.54) is 12.1 Å². The largest absolute Gasteiger partial charge is 0.484 e. The predicted octanol–water partition coefficient (Wildman–Crippen LogP) is 2.93. The molecule has 0 aromatic heterocycles. The van der Waals surface area contributed by atoms with Gasteiger partial charge < -0.3 is 10.1 Å². The van der Waals surface area contributed by atoms with Gasteiger partial charge in [-0.25, -0.2) is 8.42 Å². The van der Waals surface area contributed by atoms with Crippen molar-refractivity contribution in [2.75, 3.05) is 17.9 Å². The topological polar surface area (TPSA) is 84.5 Å². The van der Waals surface area contributed by atoms with Gasteiger partial charge in [0.15, 0.2) is 6.61 Å². The van der Waals surface area contributed by atoms with Crippen molar-refractivity contribution in [1.29, 1.82) is 0 Å². The summed E-state index contributed by atoms with van der Waals surface area (Å²) in [6.07, 6.45) is 0. The van der Waals surface area contributed by atoms with Crippen molar-refractivity contribution in [3.05, 3.63) is 53.1 Å². The van der Waals surface area contributed by atoms with Gasteiger partial charge in [-0.15, -0.1) is 0 Å². The van der Waals surface area contributed by atoms with E-state index in [2.05, 4.69) is 10.0 Å². The number of carbonyl (C=O) groups excluding carboxylic acids is 1. The van der Waals surface area contributed by atoms with Gasteiger partial charge in [-0.05, 0) is 74.7 Å². The van der Waals surface area contributed by atoms with Crippen LogP contribution in [0.4, 0.5) is 5.69 Å². The third-order valence-corrected chi connectivity index (χ3v) is 5.33. The zero-order valence-electron chi connectivity index (χ0n) is 15.4. The Hall–Kier alpha value is -2.54. The summed E-state index contributed by atoms with van der Waals surface area (Å²) < 4.78 is 33.2. The van der Waals surface area contributed by atoms with Crippen molar-refractivity contribution in [1.82, 2.24) is 5.32 Å². The molecule has 2 aromatic carbocycles. The summed E-state index contributed by atoms with van der Waals surface area (Å²) in [6, 6.07) is 9.94. The Morgan fingerprint density at radius 1 is 1.00 bits per heavy atom. The molecule has 2 rings (SSSR count). The summed E-state index contributed by atoms with van der Waals surface area (Å²) in [5.74, 6) is 0.251. The number of rotatable bonds is 7. The Morgan fingerprint density at radius 3 is 2.35 bits per heavy atom. The van der Waals surface area contributed by atoms with Crippen LogP contribution < -0.4 is 14.8 Å². The molecule has 0 spiro atoms. The number of carbonyl (C=O) groups is 1. The first-order valence-electron chi connectivity index (χ1n) is 8.33. The Bertz CT molecular complexity index is 908. The highest BCUT2D eigenvalue weighted by Gasteiger charge is 2.16. The van der Waals surface area contributed by atoms with Gasteiger partial charge >= 0.3 is 0 Å². The summed E-state index contributed by atoms with van der Waals surface area (Å²) in [7, 11) is -3.71. The maximum atomic E-state index is 12.6. The first-order chi connectivity index (χ1) is 12.2. The lowest BCUT2D eigenvalue weighted by molar-refractivity contribution is -0.122. The van der Waals surface area contributed by atoms with E-state index in [4.69, 9.17) is 4.74 Å². The molecule has 1 amide bonds. The standard InChI is InChI=1S/C19H24N2O4S/c1-5-20-19(22)12-25-18-9-8-17(11-15(18)4)26(23,24)21-16-7-6-13(2)14(3)10-16/h6-11,21H,5,12H2,1-4H3,(H,20,22). The summed E-state index contributed by atoms with van der Waals surface area (Å²) in [5, 5.41) is 2.64.